The van der Waals surface area contributed by atoms with E-state index in [-0.39, 0.29) is 4.32 Å². The molecule has 1 amide bonds. The Kier molecular flexibility index (Phi) is 6.87. The molecule has 5 nitrogen and oxygen atoms in total. The molecule has 1 fully saturated rings. The summed E-state index contributed by atoms with van der Waals surface area (Å²) in [6, 6.07) is 9.82. The van der Waals surface area contributed by atoms with E-state index in [0.29, 0.717) is 33.6 Å². The van der Waals surface area contributed by atoms with Gasteiger partial charge >= 0.3 is 5.97 Å². The second-order valence-corrected chi connectivity index (χ2v) is 9.00. The second-order valence-electron chi connectivity index (χ2n) is 5.90. The summed E-state index contributed by atoms with van der Waals surface area (Å²) in [5, 5.41) is 10.1. The van der Waals surface area contributed by atoms with E-state index >= 15 is 0 Å². The number of thiocarbonyl (C=S) groups is 1. The molecule has 1 saturated heterocycles. The fourth-order valence-electron chi connectivity index (χ4n) is 2.70. The molecule has 9 heteroatoms. The van der Waals surface area contributed by atoms with Crippen LogP contribution >= 0.6 is 47.3 Å². The highest BCUT2D eigenvalue weighted by Gasteiger charge is 2.40. The molecule has 3 rings (SSSR count). The number of carbonyl (C=O) groups is 2. The molecule has 2 heterocycles. The van der Waals surface area contributed by atoms with Gasteiger partial charge in [-0.1, -0.05) is 47.7 Å². The van der Waals surface area contributed by atoms with Gasteiger partial charge in [0.15, 0.2) is 0 Å². The topological polar surface area (TPSA) is 70.8 Å². The standard InChI is InChI=1S/C19H16ClNO4S3/c1-27-8-7-14(18(23)24)21-17(22)16(28-19(21)26)10-13-5-6-15(25-13)11-3-2-4-12(20)9-11/h2-6,9-10,14H,7-8H2,1H3,(H,23,24)/b16-10+/t14-/m1/s1. The molecule has 0 bridgehead atoms. The molecule has 28 heavy (non-hydrogen) atoms. The summed E-state index contributed by atoms with van der Waals surface area (Å²) in [4.78, 5) is 25.9. The Morgan fingerprint density at radius 2 is 2.21 bits per heavy atom. The molecule has 1 aliphatic heterocycles. The number of thioether (sulfide) groups is 2. The van der Waals surface area contributed by atoms with Crippen molar-refractivity contribution < 1.29 is 19.1 Å². The molecule has 0 radical (unpaired) electrons. The molecule has 146 valence electrons. The lowest BCUT2D eigenvalue weighted by molar-refractivity contribution is -0.145. The third-order valence-electron chi connectivity index (χ3n) is 4.02. The van der Waals surface area contributed by atoms with Gasteiger partial charge in [0.2, 0.25) is 0 Å². The molecule has 1 aromatic carbocycles. The molecule has 0 saturated carbocycles. The number of benzene rings is 1. The van der Waals surface area contributed by atoms with Gasteiger partial charge in [-0.15, -0.1) is 0 Å². The summed E-state index contributed by atoms with van der Waals surface area (Å²) in [7, 11) is 0. The van der Waals surface area contributed by atoms with Crippen LogP contribution in [0.4, 0.5) is 0 Å². The molecule has 1 N–H and O–H groups in total. The maximum absolute atomic E-state index is 12.8. The molecule has 0 aliphatic carbocycles. The lowest BCUT2D eigenvalue weighted by Gasteiger charge is -2.22. The first-order chi connectivity index (χ1) is 13.4. The average Bonchev–Trinajstić information content (AvgIpc) is 3.22. The summed E-state index contributed by atoms with van der Waals surface area (Å²) < 4.78 is 6.04. The zero-order valence-corrected chi connectivity index (χ0v) is 18.0. The predicted molar refractivity (Wildman–Crippen MR) is 119 cm³/mol. The molecule has 0 unspecified atom stereocenters. The minimum Gasteiger partial charge on any atom is -0.480 e. The highest BCUT2D eigenvalue weighted by atomic mass is 35.5. The maximum Gasteiger partial charge on any atom is 0.326 e. The van der Waals surface area contributed by atoms with Crippen molar-refractivity contribution >= 4 is 69.6 Å². The molecule has 0 spiro atoms. The van der Waals surface area contributed by atoms with E-state index in [1.807, 2.05) is 18.4 Å². The summed E-state index contributed by atoms with van der Waals surface area (Å²) in [6.45, 7) is 0. The lowest BCUT2D eigenvalue weighted by atomic mass is 10.2. The first-order valence-corrected chi connectivity index (χ1v) is 11.2. The van der Waals surface area contributed by atoms with Crippen molar-refractivity contribution in [3.8, 4) is 11.3 Å². The number of carboxylic acid groups (broad SMARTS) is 1. The Morgan fingerprint density at radius 3 is 2.89 bits per heavy atom. The van der Waals surface area contributed by atoms with Crippen LogP contribution in [0.5, 0.6) is 0 Å². The summed E-state index contributed by atoms with van der Waals surface area (Å²) in [6.07, 6.45) is 3.80. The number of carbonyl (C=O) groups excluding carboxylic acids is 1. The van der Waals surface area contributed by atoms with Crippen LogP contribution in [-0.4, -0.2) is 44.3 Å². The predicted octanol–water partition coefficient (Wildman–Crippen LogP) is 5.01. The van der Waals surface area contributed by atoms with E-state index < -0.39 is 17.9 Å². The Hall–Kier alpha value is -1.74. The summed E-state index contributed by atoms with van der Waals surface area (Å²) >= 11 is 13.9. The zero-order valence-electron chi connectivity index (χ0n) is 14.8. The third kappa shape index (κ3) is 4.63. The molecule has 2 aromatic rings. The quantitative estimate of drug-likeness (QED) is 0.466. The first-order valence-electron chi connectivity index (χ1n) is 8.25. The number of hydrogen-bond donors (Lipinski definition) is 1. The number of amides is 1. The molecule has 1 aromatic heterocycles. The van der Waals surface area contributed by atoms with Gasteiger partial charge in [0.05, 0.1) is 4.91 Å². The molecular formula is C19H16ClNO4S3. The van der Waals surface area contributed by atoms with Crippen molar-refractivity contribution in [3.63, 3.8) is 0 Å². The Balaban J connectivity index is 1.83. The van der Waals surface area contributed by atoms with Gasteiger partial charge < -0.3 is 9.52 Å². The van der Waals surface area contributed by atoms with Gasteiger partial charge in [-0.3, -0.25) is 9.69 Å². The highest BCUT2D eigenvalue weighted by molar-refractivity contribution is 8.26. The minimum absolute atomic E-state index is 0.242. The molecule has 1 aliphatic rings. The maximum atomic E-state index is 12.8. The monoisotopic (exact) mass is 453 g/mol. The largest absolute Gasteiger partial charge is 0.480 e. The van der Waals surface area contributed by atoms with E-state index in [1.54, 1.807) is 30.3 Å². The van der Waals surface area contributed by atoms with E-state index in [4.69, 9.17) is 28.2 Å². The van der Waals surface area contributed by atoms with Crippen molar-refractivity contribution in [2.24, 2.45) is 0 Å². The van der Waals surface area contributed by atoms with Crippen molar-refractivity contribution in [1.29, 1.82) is 0 Å². The average molecular weight is 454 g/mol. The van der Waals surface area contributed by atoms with Gasteiger partial charge in [-0.2, -0.15) is 11.8 Å². The van der Waals surface area contributed by atoms with E-state index in [0.717, 1.165) is 17.3 Å². The Labute approximate surface area is 181 Å². The second kappa shape index (κ2) is 9.17. The van der Waals surface area contributed by atoms with Crippen LogP contribution in [0.1, 0.15) is 12.2 Å². The third-order valence-corrected chi connectivity index (χ3v) is 6.23. The normalized spacial score (nSPS) is 16.8. The smallest absolute Gasteiger partial charge is 0.326 e. The highest BCUT2D eigenvalue weighted by Crippen LogP contribution is 2.35. The fourth-order valence-corrected chi connectivity index (χ4v) is 4.68. The summed E-state index contributed by atoms with van der Waals surface area (Å²) in [5.41, 5.74) is 0.822. The van der Waals surface area contributed by atoms with Crippen molar-refractivity contribution in [3.05, 3.63) is 52.1 Å². The molecule has 1 atom stereocenters. The number of aliphatic carboxylic acids is 1. The van der Waals surface area contributed by atoms with Gasteiger partial charge in [-0.25, -0.2) is 4.79 Å². The number of halogens is 1. The van der Waals surface area contributed by atoms with Gasteiger partial charge in [0, 0.05) is 16.7 Å². The van der Waals surface area contributed by atoms with Gasteiger partial charge in [0.1, 0.15) is 21.9 Å². The van der Waals surface area contributed by atoms with Crippen LogP contribution in [0, 0.1) is 0 Å². The van der Waals surface area contributed by atoms with Gasteiger partial charge in [0.25, 0.3) is 5.91 Å². The van der Waals surface area contributed by atoms with Crippen molar-refractivity contribution in [1.82, 2.24) is 4.90 Å². The Morgan fingerprint density at radius 1 is 1.43 bits per heavy atom. The van der Waals surface area contributed by atoms with E-state index in [1.165, 1.54) is 16.7 Å². The SMILES string of the molecule is CSCC[C@H](C(=O)O)N1C(=O)/C(=C\c2ccc(-c3cccc(Cl)c3)o2)SC1=S. The van der Waals surface area contributed by atoms with Gasteiger partial charge in [-0.05, 0) is 42.7 Å². The first kappa shape index (κ1) is 21.0. The number of carboxylic acids is 1. The fraction of sp³-hybridized carbons (Fsp3) is 0.211. The van der Waals surface area contributed by atoms with Crippen LogP contribution in [0.25, 0.3) is 17.4 Å². The van der Waals surface area contributed by atoms with Crippen molar-refractivity contribution in [2.75, 3.05) is 12.0 Å². The molecular weight excluding hydrogens is 438 g/mol. The number of hydrogen-bond acceptors (Lipinski definition) is 6. The van der Waals surface area contributed by atoms with Crippen LogP contribution in [0.15, 0.2) is 45.7 Å². The van der Waals surface area contributed by atoms with Crippen LogP contribution < -0.4 is 0 Å². The number of furan rings is 1. The lowest BCUT2D eigenvalue weighted by Crippen LogP contribution is -2.44. The minimum atomic E-state index is -1.06. The summed E-state index contributed by atoms with van der Waals surface area (Å²) in [5.74, 6) is 0.241. The van der Waals surface area contributed by atoms with Crippen LogP contribution in [-0.2, 0) is 9.59 Å². The number of rotatable bonds is 7. The number of nitrogens with zero attached hydrogens (tertiary/aromatic N) is 1. The Bertz CT molecular complexity index is 956. The van der Waals surface area contributed by atoms with Crippen LogP contribution in [0.3, 0.4) is 0 Å². The van der Waals surface area contributed by atoms with Crippen LogP contribution in [0.2, 0.25) is 5.02 Å². The van der Waals surface area contributed by atoms with Crippen molar-refractivity contribution in [2.45, 2.75) is 12.5 Å². The van der Waals surface area contributed by atoms with E-state index in [9.17, 15) is 14.7 Å². The van der Waals surface area contributed by atoms with E-state index in [2.05, 4.69) is 0 Å². The zero-order chi connectivity index (χ0) is 20.3.